The first-order valence-corrected chi connectivity index (χ1v) is 20.0. The van der Waals surface area contributed by atoms with E-state index in [4.69, 9.17) is 19.2 Å². The molecule has 1 atom stereocenters. The third-order valence-electron chi connectivity index (χ3n) is 7.06. The number of hydrogen-bond donors (Lipinski definition) is 3. The molecule has 2 aromatic carbocycles. The summed E-state index contributed by atoms with van der Waals surface area (Å²) >= 11 is -1.26. The number of piperidine rings is 1. The fourth-order valence-electron chi connectivity index (χ4n) is 4.67. The molecule has 223 valence electrons. The van der Waals surface area contributed by atoms with E-state index in [2.05, 4.69) is 13.7 Å². The van der Waals surface area contributed by atoms with E-state index in [1.54, 1.807) is 4.90 Å². The molecule has 13 heteroatoms. The summed E-state index contributed by atoms with van der Waals surface area (Å²) in [6.07, 6.45) is 3.13. The predicted molar refractivity (Wildman–Crippen MR) is 161 cm³/mol. The Morgan fingerprint density at radius 3 is 2.36 bits per heavy atom. The van der Waals surface area contributed by atoms with Gasteiger partial charge in [-0.3, -0.25) is 0 Å². The van der Waals surface area contributed by atoms with Gasteiger partial charge in [-0.1, -0.05) is 30.3 Å². The molecule has 0 spiro atoms. The number of aromatic nitrogens is 2. The van der Waals surface area contributed by atoms with Crippen LogP contribution in [0.25, 0.3) is 0 Å². The van der Waals surface area contributed by atoms with E-state index < -0.39 is 32.3 Å². The molecule has 2 amide bonds. The quantitative estimate of drug-likeness (QED) is 0.138. The van der Waals surface area contributed by atoms with Crippen molar-refractivity contribution in [1.82, 2.24) is 18.6 Å². The Morgan fingerprint density at radius 2 is 1.69 bits per heavy atom. The summed E-state index contributed by atoms with van der Waals surface area (Å²) in [4.78, 5) is 40.3. The SMILES string of the molecule is Nc1nnc(CCC[CH2][Sn]([NH2])[NH]C(=O)C(COC(=O)C2CCN(C(=O)OCc3ccccc3)CC2)c2ccccc2)s1. The van der Waals surface area contributed by atoms with Crippen LogP contribution in [0, 0.1) is 5.92 Å². The Bertz CT molecular complexity index is 1290. The van der Waals surface area contributed by atoms with Gasteiger partial charge in [0.15, 0.2) is 0 Å². The molecule has 2 heterocycles. The van der Waals surface area contributed by atoms with Gasteiger partial charge in [-0.2, -0.15) is 0 Å². The fraction of sp³-hybridized carbons (Fsp3) is 0.414. The normalized spacial score (nSPS) is 14.4. The molecular weight excluding hydrogens is 663 g/mol. The van der Waals surface area contributed by atoms with Crippen molar-refractivity contribution in [2.24, 2.45) is 9.87 Å². The fourth-order valence-corrected chi connectivity index (χ4v) is 8.88. The number of aryl methyl sites for hydroxylation is 1. The number of anilines is 1. The molecule has 1 unspecified atom stereocenters. The van der Waals surface area contributed by atoms with Crippen LogP contribution in [0.4, 0.5) is 9.93 Å². The van der Waals surface area contributed by atoms with Crippen LogP contribution in [0.5, 0.6) is 0 Å². The number of carbonyl (C=O) groups excluding carboxylic acids is 3. The zero-order valence-corrected chi connectivity index (χ0v) is 27.1. The van der Waals surface area contributed by atoms with Crippen molar-refractivity contribution >= 4 is 54.7 Å². The van der Waals surface area contributed by atoms with Crippen LogP contribution < -0.4 is 13.2 Å². The number of esters is 1. The van der Waals surface area contributed by atoms with E-state index in [9.17, 15) is 14.4 Å². The number of likely N-dealkylation sites (tertiary alicyclic amines) is 1. The van der Waals surface area contributed by atoms with Gasteiger partial charge in [-0.25, -0.2) is 0 Å². The van der Waals surface area contributed by atoms with Crippen LogP contribution in [0.3, 0.4) is 0 Å². The van der Waals surface area contributed by atoms with E-state index in [0.29, 0.717) is 31.1 Å². The predicted octanol–water partition coefficient (Wildman–Crippen LogP) is 3.38. The number of amides is 2. The molecule has 1 aliphatic heterocycles. The van der Waals surface area contributed by atoms with Crippen LogP contribution >= 0.6 is 11.3 Å². The van der Waals surface area contributed by atoms with E-state index in [0.717, 1.165) is 39.8 Å². The number of nitrogen functional groups attached to an aromatic ring is 1. The molecule has 1 radical (unpaired) electrons. The third-order valence-corrected chi connectivity index (χ3v) is 12.0. The zero-order chi connectivity index (χ0) is 29.7. The van der Waals surface area contributed by atoms with Crippen molar-refractivity contribution in [1.29, 1.82) is 0 Å². The molecule has 5 N–H and O–H groups in total. The number of rotatable bonds is 13. The van der Waals surface area contributed by atoms with Crippen LogP contribution in [-0.2, 0) is 32.1 Å². The van der Waals surface area contributed by atoms with Crippen LogP contribution in [0.2, 0.25) is 4.44 Å². The second-order valence-corrected chi connectivity index (χ2v) is 16.4. The average molecular weight is 700 g/mol. The summed E-state index contributed by atoms with van der Waals surface area (Å²) in [6, 6.07) is 18.8. The van der Waals surface area contributed by atoms with Crippen molar-refractivity contribution in [3.05, 3.63) is 76.8 Å². The summed E-state index contributed by atoms with van der Waals surface area (Å²) in [7, 11) is 0. The van der Waals surface area contributed by atoms with Gasteiger partial charge in [0.2, 0.25) is 0 Å². The van der Waals surface area contributed by atoms with Crippen molar-refractivity contribution in [3.8, 4) is 0 Å². The molecular formula is C29H37N6O5SSn. The summed E-state index contributed by atoms with van der Waals surface area (Å²) in [5.41, 5.74) is 7.31. The number of ether oxygens (including phenoxy) is 2. The van der Waals surface area contributed by atoms with Crippen LogP contribution in [-0.4, -0.2) is 73.1 Å². The summed E-state index contributed by atoms with van der Waals surface area (Å²) < 4.78 is 21.4. The van der Waals surface area contributed by atoms with Gasteiger partial charge in [0.05, 0.1) is 0 Å². The molecule has 11 nitrogen and oxygen atoms in total. The van der Waals surface area contributed by atoms with E-state index in [1.165, 1.54) is 11.3 Å². The van der Waals surface area contributed by atoms with Gasteiger partial charge < -0.3 is 0 Å². The van der Waals surface area contributed by atoms with Crippen molar-refractivity contribution < 1.29 is 23.9 Å². The third kappa shape index (κ3) is 9.95. The molecule has 1 aromatic heterocycles. The molecule has 0 saturated carbocycles. The monoisotopic (exact) mass is 701 g/mol. The Labute approximate surface area is 257 Å². The zero-order valence-electron chi connectivity index (χ0n) is 23.4. The molecule has 3 aromatic rings. The van der Waals surface area contributed by atoms with Gasteiger partial charge in [0.1, 0.15) is 6.61 Å². The second kappa shape index (κ2) is 16.4. The first kappa shape index (κ1) is 31.7. The Morgan fingerprint density at radius 1 is 1.00 bits per heavy atom. The molecule has 42 heavy (non-hydrogen) atoms. The molecule has 0 aliphatic carbocycles. The molecule has 1 saturated heterocycles. The minimum absolute atomic E-state index is 0.0665. The Balaban J connectivity index is 1.21. The summed E-state index contributed by atoms with van der Waals surface area (Å²) in [5, 5.41) is 9.22. The van der Waals surface area contributed by atoms with Crippen molar-refractivity contribution in [2.75, 3.05) is 25.4 Å². The summed E-state index contributed by atoms with van der Waals surface area (Å²) in [6.45, 7) is 0.956. The Hall–Kier alpha value is -3.23. The number of nitrogens with one attached hydrogen (secondary N) is 1. The van der Waals surface area contributed by atoms with Crippen LogP contribution in [0.1, 0.15) is 47.7 Å². The Kier molecular flexibility index (Phi) is 12.4. The number of unbranched alkanes of at least 4 members (excludes halogenated alkanes) is 1. The van der Waals surface area contributed by atoms with E-state index in [1.807, 2.05) is 60.7 Å². The maximum atomic E-state index is 13.3. The number of nitrogens with two attached hydrogens (primary N) is 2. The molecule has 1 fully saturated rings. The van der Waals surface area contributed by atoms with Gasteiger partial charge in [-0.05, 0) is 5.56 Å². The standard InChI is InChI=1S/C23H26N2O5.C6H10N3S.H2N.Sn/c24-21(26)20(18-9-5-2-6-10-18)16-29-22(27)19-11-13-25(14-12-19)23(28)30-15-17-7-3-1-4-8-17;1-2-3-4-5-8-9-6(7)10-5;;/h1-10,19-20H,11-16H2,(H2,24,26);1-4H2,(H2,7,9);1H2;/q;;-1;+2/p-1. The maximum absolute atomic E-state index is 13.3. The first-order valence-electron chi connectivity index (χ1n) is 14.1. The number of benzene rings is 2. The molecule has 4 rings (SSSR count). The average Bonchev–Trinajstić information content (AvgIpc) is 3.44. The second-order valence-electron chi connectivity index (χ2n) is 10.2. The van der Waals surface area contributed by atoms with Crippen molar-refractivity contribution in [3.63, 3.8) is 0 Å². The first-order chi connectivity index (χ1) is 20.4. The molecule has 1 aliphatic rings. The summed E-state index contributed by atoms with van der Waals surface area (Å²) in [5.74, 6) is -1.55. The van der Waals surface area contributed by atoms with Gasteiger partial charge >= 0.3 is 216 Å². The number of hydrogen-bond acceptors (Lipinski definition) is 10. The number of carbonyl (C=O) groups is 3. The van der Waals surface area contributed by atoms with E-state index in [-0.39, 0.29) is 31.0 Å². The number of nitrogens with zero attached hydrogens (tertiary/aromatic N) is 3. The minimum atomic E-state index is -2.65. The van der Waals surface area contributed by atoms with Crippen LogP contribution in [0.15, 0.2) is 60.7 Å². The molecule has 0 bridgehead atoms. The van der Waals surface area contributed by atoms with Crippen molar-refractivity contribution in [2.45, 2.75) is 49.1 Å². The van der Waals surface area contributed by atoms with Gasteiger partial charge in [0, 0.05) is 0 Å². The van der Waals surface area contributed by atoms with E-state index >= 15 is 0 Å². The topological polar surface area (TPSA) is 163 Å². The van der Waals surface area contributed by atoms with Gasteiger partial charge in [-0.15, -0.1) is 0 Å². The van der Waals surface area contributed by atoms with Gasteiger partial charge in [0.25, 0.3) is 0 Å².